The van der Waals surface area contributed by atoms with Crippen molar-refractivity contribution in [2.24, 2.45) is 0 Å². The Kier molecular flexibility index (Phi) is 42.3. The molecule has 0 aliphatic rings. The average molecular weight is 335 g/mol. The van der Waals surface area contributed by atoms with Crippen LogP contribution < -0.4 is 0 Å². The molecule has 0 aromatic rings. The Balaban J connectivity index is -0.0000000720. The topological polar surface area (TPSA) is 35.5 Å². The van der Waals surface area contributed by atoms with Crippen LogP contribution in [0.15, 0.2) is 0 Å². The van der Waals surface area contributed by atoms with E-state index in [1.54, 1.807) is 13.8 Å². The first kappa shape index (κ1) is 23.7. The van der Waals surface area contributed by atoms with Crippen LogP contribution in [0.2, 0.25) is 0 Å². The number of halogens is 3. The molecule has 0 N–H and O–H groups in total. The van der Waals surface area contributed by atoms with Gasteiger partial charge in [0.2, 0.25) is 0 Å². The van der Waals surface area contributed by atoms with E-state index in [1.807, 2.05) is 0 Å². The molecule has 0 aliphatic carbocycles. The third-order valence-electron chi connectivity index (χ3n) is 0.524. The van der Waals surface area contributed by atoms with Crippen LogP contribution in [-0.4, -0.2) is 13.2 Å². The summed E-state index contributed by atoms with van der Waals surface area (Å²) in [6, 6.07) is 0. The normalized spacial score (nSPS) is 7.77. The van der Waals surface area contributed by atoms with Gasteiger partial charge in [-0.3, -0.25) is 4.57 Å². The molecule has 0 spiro atoms. The molecule has 0 bridgehead atoms. The van der Waals surface area contributed by atoms with Gasteiger partial charge in [0.25, 0.3) is 0 Å². The van der Waals surface area contributed by atoms with Crippen LogP contribution in [0.1, 0.15) is 13.8 Å². The molecule has 0 saturated heterocycles. The van der Waals surface area contributed by atoms with E-state index in [0.717, 1.165) is 0 Å². The van der Waals surface area contributed by atoms with Crippen molar-refractivity contribution >= 4 is 25.2 Å². The summed E-state index contributed by atoms with van der Waals surface area (Å²) >= 11 is 0. The van der Waals surface area contributed by atoms with Crippen molar-refractivity contribution in [3.05, 3.63) is 6.93 Å². The van der Waals surface area contributed by atoms with E-state index < -0.39 is 15.2 Å². The van der Waals surface area contributed by atoms with Gasteiger partial charge < -0.3 is 17.8 Å². The summed E-state index contributed by atoms with van der Waals surface area (Å²) in [7, 11) is -2.14. The largest absolute Gasteiger partial charge is 0.425 e. The Morgan fingerprint density at radius 2 is 1.46 bits per heavy atom. The first-order chi connectivity index (χ1) is 5.22. The predicted molar refractivity (Wildman–Crippen MR) is 49.1 cm³/mol. The quantitative estimate of drug-likeness (QED) is 0.450. The summed E-state index contributed by atoms with van der Waals surface area (Å²) in [6.07, 6.45) is 0. The smallest absolute Gasteiger partial charge is 0.319 e. The van der Waals surface area contributed by atoms with Crippen LogP contribution in [0.3, 0.4) is 0 Å². The predicted octanol–water partition coefficient (Wildman–Crippen LogP) is 3.07. The first-order valence-electron chi connectivity index (χ1n) is 3.04. The fraction of sp³-hybridized carbons (Fsp3) is 0.800. The van der Waals surface area contributed by atoms with Gasteiger partial charge in [0.1, 0.15) is 0 Å². The zero-order chi connectivity index (χ0) is 9.11. The van der Waals surface area contributed by atoms with Gasteiger partial charge in [0, 0.05) is 19.5 Å². The maximum absolute atomic E-state index is 10.4. The Morgan fingerprint density at radius 1 is 1.23 bits per heavy atom. The summed E-state index contributed by atoms with van der Waals surface area (Å²) in [5.74, 6) is 0. The summed E-state index contributed by atoms with van der Waals surface area (Å²) in [4.78, 5) is 0. The summed E-state index contributed by atoms with van der Waals surface area (Å²) < 4.78 is 38.6. The standard InChI is InChI=1S/C4H11O3P.CHF2.BrH.Zn/c1-3-6-8(5)7-4-2;2-1-3;;/h8H,3-4H2,1-2H3;1H;1H;/q;-1;;. The molecule has 0 rings (SSSR count). The fourth-order valence-electron chi connectivity index (χ4n) is 0.277. The van der Waals surface area contributed by atoms with Crippen molar-refractivity contribution < 1.29 is 41.9 Å². The van der Waals surface area contributed by atoms with E-state index in [1.165, 1.54) is 0 Å². The molecule has 3 nitrogen and oxygen atoms in total. The average Bonchev–Trinajstić information content (AvgIpc) is 1.90. The van der Waals surface area contributed by atoms with Crippen molar-refractivity contribution in [2.45, 2.75) is 13.8 Å². The van der Waals surface area contributed by atoms with Crippen molar-refractivity contribution in [1.82, 2.24) is 0 Å². The molecule has 80 valence electrons. The molecule has 0 aromatic heterocycles. The van der Waals surface area contributed by atoms with Crippen LogP contribution >= 0.6 is 25.2 Å². The molecular formula is C5H13BrF2O3PZn-. The van der Waals surface area contributed by atoms with Crippen molar-refractivity contribution in [3.63, 3.8) is 0 Å². The van der Waals surface area contributed by atoms with Crippen LogP contribution in [0.5, 0.6) is 0 Å². The maximum Gasteiger partial charge on any atom is 0.319 e. The third-order valence-corrected chi connectivity index (χ3v) is 1.57. The summed E-state index contributed by atoms with van der Waals surface area (Å²) in [5, 5.41) is 0. The number of hydrogen-bond acceptors (Lipinski definition) is 3. The monoisotopic (exact) mass is 333 g/mol. The Bertz CT molecular complexity index is 93.8. The first-order valence-corrected chi connectivity index (χ1v) is 4.27. The molecule has 0 aliphatic heterocycles. The van der Waals surface area contributed by atoms with Gasteiger partial charge in [-0.2, -0.15) is 0 Å². The third kappa shape index (κ3) is 32.0. The van der Waals surface area contributed by atoms with Gasteiger partial charge in [0.05, 0.1) is 13.2 Å². The molecule has 0 heterocycles. The zero-order valence-corrected chi connectivity index (χ0v) is 13.3. The van der Waals surface area contributed by atoms with Crippen molar-refractivity contribution in [2.75, 3.05) is 13.2 Å². The molecule has 0 aromatic carbocycles. The van der Waals surface area contributed by atoms with E-state index in [2.05, 4.69) is 9.05 Å². The van der Waals surface area contributed by atoms with Crippen LogP contribution in [0.25, 0.3) is 0 Å². The second kappa shape index (κ2) is 23.2. The number of hydrogen-bond donors (Lipinski definition) is 0. The Morgan fingerprint density at radius 3 is 1.62 bits per heavy atom. The van der Waals surface area contributed by atoms with Crippen molar-refractivity contribution in [3.8, 4) is 0 Å². The summed E-state index contributed by atoms with van der Waals surface area (Å²) in [5.41, 5.74) is 0. The van der Waals surface area contributed by atoms with Gasteiger partial charge in [-0.1, -0.05) is 0 Å². The molecule has 8 heteroatoms. The van der Waals surface area contributed by atoms with E-state index in [4.69, 9.17) is 0 Å². The molecule has 0 amide bonds. The zero-order valence-electron chi connectivity index (χ0n) is 7.59. The minimum Gasteiger partial charge on any atom is -0.425 e. The SMILES string of the molecule is Br.CCO[PH](=O)OCC.F[CH-]F.[Zn]. The van der Waals surface area contributed by atoms with Crippen molar-refractivity contribution in [1.29, 1.82) is 0 Å². The maximum atomic E-state index is 10.4. The molecule has 0 saturated carbocycles. The fourth-order valence-corrected chi connectivity index (χ4v) is 0.832. The second-order valence-electron chi connectivity index (χ2n) is 1.20. The Hall–Kier alpha value is 1.11. The minimum atomic E-state index is -2.14. The van der Waals surface area contributed by atoms with Crippen LogP contribution in [0.4, 0.5) is 8.78 Å². The van der Waals surface area contributed by atoms with Gasteiger partial charge >= 0.3 is 8.25 Å². The molecular weight excluding hydrogens is 322 g/mol. The van der Waals surface area contributed by atoms with Gasteiger partial charge in [0.15, 0.2) is 0 Å². The molecule has 13 heavy (non-hydrogen) atoms. The van der Waals surface area contributed by atoms with Crippen LogP contribution in [0, 0.1) is 6.93 Å². The van der Waals surface area contributed by atoms with E-state index >= 15 is 0 Å². The molecule has 0 atom stereocenters. The van der Waals surface area contributed by atoms with E-state index in [0.29, 0.717) is 13.2 Å². The van der Waals surface area contributed by atoms with E-state index in [9.17, 15) is 13.3 Å². The summed E-state index contributed by atoms with van der Waals surface area (Å²) in [6.45, 7) is 3.47. The molecule has 0 radical (unpaired) electrons. The Labute approximate surface area is 101 Å². The van der Waals surface area contributed by atoms with Gasteiger partial charge in [-0.25, -0.2) is 0 Å². The molecule has 0 unspecified atom stereocenters. The van der Waals surface area contributed by atoms with E-state index in [-0.39, 0.29) is 36.5 Å². The number of rotatable bonds is 4. The minimum absolute atomic E-state index is 0. The van der Waals surface area contributed by atoms with Gasteiger partial charge in [-0.05, 0) is 20.8 Å². The molecule has 0 fully saturated rings. The van der Waals surface area contributed by atoms with Gasteiger partial charge in [-0.15, -0.1) is 17.0 Å². The van der Waals surface area contributed by atoms with Crippen LogP contribution in [-0.2, 0) is 33.1 Å². The second-order valence-corrected chi connectivity index (χ2v) is 2.28.